The van der Waals surface area contributed by atoms with Crippen LogP contribution in [-0.2, 0) is 14.3 Å². The number of hydrogen-bond donors (Lipinski definition) is 2. The fourth-order valence-electron chi connectivity index (χ4n) is 2.08. The molecular weight excluding hydrogens is 262 g/mol. The van der Waals surface area contributed by atoms with Gasteiger partial charge in [0, 0.05) is 26.1 Å². The zero-order chi connectivity index (χ0) is 14.4. The highest BCUT2D eigenvalue weighted by molar-refractivity contribution is 5.87. The smallest absolute Gasteiger partial charge is 0.329 e. The van der Waals surface area contributed by atoms with Gasteiger partial charge in [0.1, 0.15) is 11.3 Å². The van der Waals surface area contributed by atoms with Crippen molar-refractivity contribution in [3.8, 4) is 5.75 Å². The molecule has 1 amide bonds. The second kappa shape index (κ2) is 6.38. The van der Waals surface area contributed by atoms with Crippen molar-refractivity contribution in [1.82, 2.24) is 5.32 Å². The van der Waals surface area contributed by atoms with Gasteiger partial charge in [0.25, 0.3) is 5.91 Å². The number of carboxylic acid groups (broad SMARTS) is 1. The van der Waals surface area contributed by atoms with Crippen molar-refractivity contribution in [1.29, 1.82) is 0 Å². The van der Waals surface area contributed by atoms with Crippen molar-refractivity contribution in [2.45, 2.75) is 18.4 Å². The molecule has 0 aliphatic carbocycles. The molecule has 1 fully saturated rings. The summed E-state index contributed by atoms with van der Waals surface area (Å²) in [5.74, 6) is -0.911. The van der Waals surface area contributed by atoms with Gasteiger partial charge >= 0.3 is 5.97 Å². The van der Waals surface area contributed by atoms with Crippen molar-refractivity contribution in [3.63, 3.8) is 0 Å². The Balaban J connectivity index is 1.90. The van der Waals surface area contributed by atoms with Crippen LogP contribution in [0.2, 0.25) is 0 Å². The van der Waals surface area contributed by atoms with Gasteiger partial charge < -0.3 is 19.9 Å². The van der Waals surface area contributed by atoms with Crippen LogP contribution in [0.3, 0.4) is 0 Å². The number of carboxylic acids is 1. The topological polar surface area (TPSA) is 84.9 Å². The summed E-state index contributed by atoms with van der Waals surface area (Å²) in [7, 11) is 0. The van der Waals surface area contributed by atoms with Crippen LogP contribution in [0.5, 0.6) is 5.75 Å². The van der Waals surface area contributed by atoms with Gasteiger partial charge in [-0.05, 0) is 12.1 Å². The highest BCUT2D eigenvalue weighted by Crippen LogP contribution is 2.21. The Morgan fingerprint density at radius 1 is 1.25 bits per heavy atom. The minimum Gasteiger partial charge on any atom is -0.484 e. The highest BCUT2D eigenvalue weighted by Gasteiger charge is 2.41. The van der Waals surface area contributed by atoms with Crippen LogP contribution in [0.4, 0.5) is 0 Å². The average Bonchev–Trinajstić information content (AvgIpc) is 2.47. The zero-order valence-corrected chi connectivity index (χ0v) is 11.0. The average molecular weight is 279 g/mol. The third-order valence-corrected chi connectivity index (χ3v) is 3.25. The molecule has 6 heteroatoms. The molecule has 0 bridgehead atoms. The van der Waals surface area contributed by atoms with Crippen molar-refractivity contribution in [2.24, 2.45) is 0 Å². The van der Waals surface area contributed by atoms with Gasteiger partial charge in [-0.15, -0.1) is 0 Å². The first-order valence-electron chi connectivity index (χ1n) is 6.42. The molecule has 0 spiro atoms. The van der Waals surface area contributed by atoms with E-state index >= 15 is 0 Å². The second-order valence-corrected chi connectivity index (χ2v) is 4.65. The summed E-state index contributed by atoms with van der Waals surface area (Å²) in [6, 6.07) is 8.90. The minimum atomic E-state index is -1.24. The van der Waals surface area contributed by atoms with E-state index in [0.29, 0.717) is 19.0 Å². The Labute approximate surface area is 116 Å². The summed E-state index contributed by atoms with van der Waals surface area (Å²) >= 11 is 0. The van der Waals surface area contributed by atoms with Crippen LogP contribution >= 0.6 is 0 Å². The molecule has 1 aromatic rings. The third-order valence-electron chi connectivity index (χ3n) is 3.25. The number of carbonyl (C=O) groups is 2. The Morgan fingerprint density at radius 3 is 2.50 bits per heavy atom. The molecule has 1 saturated heterocycles. The van der Waals surface area contributed by atoms with Crippen LogP contribution in [0.15, 0.2) is 30.3 Å². The van der Waals surface area contributed by atoms with Crippen molar-refractivity contribution >= 4 is 11.9 Å². The number of ether oxygens (including phenoxy) is 2. The van der Waals surface area contributed by atoms with Gasteiger partial charge in [-0.25, -0.2) is 4.79 Å². The van der Waals surface area contributed by atoms with Gasteiger partial charge in [0.05, 0.1) is 0 Å². The molecule has 2 N–H and O–H groups in total. The lowest BCUT2D eigenvalue weighted by atomic mass is 9.90. The summed E-state index contributed by atoms with van der Waals surface area (Å²) in [4.78, 5) is 23.2. The van der Waals surface area contributed by atoms with E-state index in [4.69, 9.17) is 9.47 Å². The van der Waals surface area contributed by atoms with Crippen LogP contribution < -0.4 is 10.1 Å². The SMILES string of the molecule is O=C(COc1ccccc1)NC1(C(=O)O)CCOCC1. The zero-order valence-electron chi connectivity index (χ0n) is 11.0. The number of para-hydroxylation sites is 1. The maximum atomic E-state index is 11.9. The molecule has 1 aliphatic heterocycles. The van der Waals surface area contributed by atoms with E-state index in [1.807, 2.05) is 6.07 Å². The lowest BCUT2D eigenvalue weighted by molar-refractivity contribution is -0.152. The molecular formula is C14H17NO5. The molecule has 0 saturated carbocycles. The number of amides is 1. The molecule has 0 aromatic heterocycles. The molecule has 2 rings (SSSR count). The molecule has 0 radical (unpaired) electrons. The molecule has 0 atom stereocenters. The Bertz CT molecular complexity index is 468. The monoisotopic (exact) mass is 279 g/mol. The number of benzene rings is 1. The number of nitrogens with one attached hydrogen (secondary N) is 1. The fraction of sp³-hybridized carbons (Fsp3) is 0.429. The van der Waals surface area contributed by atoms with Gasteiger partial charge in [0.2, 0.25) is 0 Å². The summed E-state index contributed by atoms with van der Waals surface area (Å²) in [5.41, 5.74) is -1.24. The molecule has 1 aliphatic rings. The number of hydrogen-bond acceptors (Lipinski definition) is 4. The maximum absolute atomic E-state index is 11.9. The highest BCUT2D eigenvalue weighted by atomic mass is 16.5. The van der Waals surface area contributed by atoms with E-state index in [9.17, 15) is 14.7 Å². The maximum Gasteiger partial charge on any atom is 0.329 e. The van der Waals surface area contributed by atoms with E-state index in [-0.39, 0.29) is 19.4 Å². The van der Waals surface area contributed by atoms with Crippen LogP contribution in [-0.4, -0.2) is 42.3 Å². The molecule has 1 heterocycles. The number of carbonyl (C=O) groups excluding carboxylic acids is 1. The molecule has 20 heavy (non-hydrogen) atoms. The molecule has 108 valence electrons. The van der Waals surface area contributed by atoms with Crippen LogP contribution in [0, 0.1) is 0 Å². The molecule has 6 nitrogen and oxygen atoms in total. The van der Waals surface area contributed by atoms with Crippen LogP contribution in [0.25, 0.3) is 0 Å². The van der Waals surface area contributed by atoms with Gasteiger partial charge in [-0.1, -0.05) is 18.2 Å². The van der Waals surface area contributed by atoms with Crippen molar-refractivity contribution in [3.05, 3.63) is 30.3 Å². The Hall–Kier alpha value is -2.08. The van der Waals surface area contributed by atoms with Crippen LogP contribution in [0.1, 0.15) is 12.8 Å². The second-order valence-electron chi connectivity index (χ2n) is 4.65. The fourth-order valence-corrected chi connectivity index (χ4v) is 2.08. The van der Waals surface area contributed by atoms with E-state index < -0.39 is 17.4 Å². The summed E-state index contributed by atoms with van der Waals surface area (Å²) in [5, 5.41) is 11.9. The van der Waals surface area contributed by atoms with Gasteiger partial charge in [0.15, 0.2) is 6.61 Å². The largest absolute Gasteiger partial charge is 0.484 e. The first kappa shape index (κ1) is 14.3. The Morgan fingerprint density at radius 2 is 1.90 bits per heavy atom. The summed E-state index contributed by atoms with van der Waals surface area (Å²) < 4.78 is 10.4. The molecule has 1 aromatic carbocycles. The standard InChI is InChI=1S/C14H17NO5/c16-12(10-20-11-4-2-1-3-5-11)15-14(13(17)18)6-8-19-9-7-14/h1-5H,6-10H2,(H,15,16)(H,17,18). The quantitative estimate of drug-likeness (QED) is 0.833. The van der Waals surface area contributed by atoms with E-state index in [2.05, 4.69) is 5.32 Å². The lowest BCUT2D eigenvalue weighted by Crippen LogP contribution is -2.58. The van der Waals surface area contributed by atoms with Gasteiger partial charge in [-0.3, -0.25) is 4.79 Å². The Kier molecular flexibility index (Phi) is 4.57. The van der Waals surface area contributed by atoms with Crippen molar-refractivity contribution < 1.29 is 24.2 Å². The summed E-state index contributed by atoms with van der Waals surface area (Å²) in [6.45, 7) is 0.443. The first-order valence-corrected chi connectivity index (χ1v) is 6.42. The molecule has 0 unspecified atom stereocenters. The predicted molar refractivity (Wildman–Crippen MR) is 70.5 cm³/mol. The van der Waals surface area contributed by atoms with E-state index in [1.54, 1.807) is 24.3 Å². The van der Waals surface area contributed by atoms with Crippen molar-refractivity contribution in [2.75, 3.05) is 19.8 Å². The number of aliphatic carboxylic acids is 1. The normalized spacial score (nSPS) is 17.2. The van der Waals surface area contributed by atoms with Gasteiger partial charge in [-0.2, -0.15) is 0 Å². The lowest BCUT2D eigenvalue weighted by Gasteiger charge is -2.33. The van der Waals surface area contributed by atoms with E-state index in [1.165, 1.54) is 0 Å². The minimum absolute atomic E-state index is 0.208. The van der Waals surface area contributed by atoms with E-state index in [0.717, 1.165) is 0 Å². The third kappa shape index (κ3) is 3.48. The number of rotatable bonds is 5. The first-order chi connectivity index (χ1) is 9.62. The summed E-state index contributed by atoms with van der Waals surface area (Å²) in [6.07, 6.45) is 0.527. The predicted octanol–water partition coefficient (Wildman–Crippen LogP) is 0.815.